The Bertz CT molecular complexity index is 656. The molecule has 26 heavy (non-hydrogen) atoms. The first kappa shape index (κ1) is 23.4. The average Bonchev–Trinajstić information content (AvgIpc) is 2.43. The lowest BCUT2D eigenvalue weighted by atomic mass is 10.1. The van der Waals surface area contributed by atoms with E-state index in [1.807, 2.05) is 18.2 Å². The highest BCUT2D eigenvalue weighted by Gasteiger charge is 2.41. The summed E-state index contributed by atoms with van der Waals surface area (Å²) in [6.07, 6.45) is 0. The zero-order valence-corrected chi connectivity index (χ0v) is 21.6. The molecule has 0 fully saturated rings. The third kappa shape index (κ3) is 5.46. The number of benzene rings is 1. The molecule has 1 rings (SSSR count). The average molecular weight is 460 g/mol. The van der Waals surface area contributed by atoms with E-state index in [1.54, 1.807) is 0 Å². The number of hydrogen-bond acceptors (Lipinski definition) is 3. The normalized spacial score (nSPS) is 13.5. The van der Waals surface area contributed by atoms with E-state index in [2.05, 4.69) is 83.7 Å². The summed E-state index contributed by atoms with van der Waals surface area (Å²) in [6.45, 7) is 22.1. The molecule has 0 saturated carbocycles. The maximum Gasteiger partial charge on any atom is 0.250 e. The van der Waals surface area contributed by atoms with Crippen LogP contribution in [0.2, 0.25) is 36.3 Å². The number of Topliss-reactive ketones (excluding diaryl/α,β-unsaturated/α-hetero) is 1. The Morgan fingerprint density at radius 2 is 1.38 bits per heavy atom. The van der Waals surface area contributed by atoms with Crippen molar-refractivity contribution >= 4 is 38.3 Å². The van der Waals surface area contributed by atoms with Gasteiger partial charge in [-0.15, -0.1) is 0 Å². The van der Waals surface area contributed by atoms with E-state index in [0.717, 1.165) is 5.75 Å². The summed E-state index contributed by atoms with van der Waals surface area (Å²) < 4.78 is 12.9. The minimum absolute atomic E-state index is 0.0255. The second-order valence-electron chi connectivity index (χ2n) is 9.94. The second-order valence-corrected chi connectivity index (χ2v) is 19.9. The van der Waals surface area contributed by atoms with Gasteiger partial charge in [-0.1, -0.05) is 57.5 Å². The van der Waals surface area contributed by atoms with Gasteiger partial charge >= 0.3 is 0 Å². The van der Waals surface area contributed by atoms with Gasteiger partial charge in [0.05, 0.1) is 10.9 Å². The molecule has 1 aromatic carbocycles. The lowest BCUT2D eigenvalue weighted by molar-refractivity contribution is 0.102. The van der Waals surface area contributed by atoms with Crippen LogP contribution in [0.25, 0.3) is 0 Å². The molecule has 0 saturated heterocycles. The molecule has 0 aliphatic rings. The fourth-order valence-corrected chi connectivity index (χ4v) is 4.18. The van der Waals surface area contributed by atoms with Crippen molar-refractivity contribution < 1.29 is 13.6 Å². The lowest BCUT2D eigenvalue weighted by Crippen LogP contribution is -2.44. The Labute approximate surface area is 170 Å². The standard InChI is InChI=1S/C20H35BrO3Si2/c1-19(2,3)25(7,8)23-15-11-12-16(17(22)14-21)18(13-15)24-26(9,10)20(4,5)6/h11-13H,14H2,1-10H3. The Morgan fingerprint density at radius 3 is 1.81 bits per heavy atom. The number of halogens is 1. The molecule has 3 nitrogen and oxygen atoms in total. The van der Waals surface area contributed by atoms with Crippen LogP contribution in [0.3, 0.4) is 0 Å². The van der Waals surface area contributed by atoms with Gasteiger partial charge in [-0.25, -0.2) is 0 Å². The van der Waals surface area contributed by atoms with Gasteiger partial charge in [0, 0.05) is 6.07 Å². The number of alkyl halides is 1. The summed E-state index contributed by atoms with van der Waals surface area (Å²) >= 11 is 3.28. The van der Waals surface area contributed by atoms with E-state index < -0.39 is 16.6 Å². The van der Waals surface area contributed by atoms with E-state index >= 15 is 0 Å². The van der Waals surface area contributed by atoms with Gasteiger partial charge in [0.15, 0.2) is 5.78 Å². The van der Waals surface area contributed by atoms with E-state index in [4.69, 9.17) is 8.85 Å². The summed E-state index contributed by atoms with van der Waals surface area (Å²) in [4.78, 5) is 12.4. The molecule has 0 bridgehead atoms. The van der Waals surface area contributed by atoms with Gasteiger partial charge in [-0.2, -0.15) is 0 Å². The Balaban J connectivity index is 3.35. The molecular formula is C20H35BrO3Si2. The van der Waals surface area contributed by atoms with Crippen LogP contribution in [-0.2, 0) is 0 Å². The highest BCUT2D eigenvalue weighted by atomic mass is 79.9. The predicted molar refractivity (Wildman–Crippen MR) is 120 cm³/mol. The van der Waals surface area contributed by atoms with Crippen molar-refractivity contribution in [3.8, 4) is 11.5 Å². The molecule has 0 aliphatic heterocycles. The molecule has 0 heterocycles. The summed E-state index contributed by atoms with van der Waals surface area (Å²) in [6, 6.07) is 5.65. The number of hydrogen-bond donors (Lipinski definition) is 0. The largest absolute Gasteiger partial charge is 0.543 e. The summed E-state index contributed by atoms with van der Waals surface area (Å²) in [5, 5.41) is 0.444. The number of ketones is 1. The van der Waals surface area contributed by atoms with E-state index in [9.17, 15) is 4.79 Å². The van der Waals surface area contributed by atoms with Crippen molar-refractivity contribution in [2.45, 2.75) is 77.8 Å². The quantitative estimate of drug-likeness (QED) is 0.260. The summed E-state index contributed by atoms with van der Waals surface area (Å²) in [5.41, 5.74) is 0.620. The van der Waals surface area contributed by atoms with Crippen molar-refractivity contribution in [1.82, 2.24) is 0 Å². The fourth-order valence-electron chi connectivity index (χ4n) is 1.83. The molecule has 0 amide bonds. The third-order valence-corrected chi connectivity index (χ3v) is 14.9. The van der Waals surface area contributed by atoms with Crippen molar-refractivity contribution in [2.75, 3.05) is 5.33 Å². The molecule has 0 unspecified atom stereocenters. The zero-order chi connectivity index (χ0) is 20.6. The highest BCUT2D eigenvalue weighted by Crippen LogP contribution is 2.41. The summed E-state index contributed by atoms with van der Waals surface area (Å²) in [5.74, 6) is 1.46. The Kier molecular flexibility index (Phi) is 7.03. The first-order chi connectivity index (χ1) is 11.5. The summed E-state index contributed by atoms with van der Waals surface area (Å²) in [7, 11) is -4.02. The first-order valence-electron chi connectivity index (χ1n) is 9.13. The molecule has 1 aromatic rings. The molecule has 0 aliphatic carbocycles. The maximum atomic E-state index is 12.4. The van der Waals surface area contributed by atoms with Gasteiger partial charge in [0.25, 0.3) is 8.32 Å². The molecule has 0 atom stereocenters. The van der Waals surface area contributed by atoms with Crippen LogP contribution in [-0.4, -0.2) is 27.7 Å². The minimum Gasteiger partial charge on any atom is -0.543 e. The third-order valence-electron chi connectivity index (χ3n) is 5.73. The predicted octanol–water partition coefficient (Wildman–Crippen LogP) is 7.03. The van der Waals surface area contributed by atoms with E-state index in [0.29, 0.717) is 11.3 Å². The van der Waals surface area contributed by atoms with Gasteiger partial charge in [0.1, 0.15) is 11.5 Å². The van der Waals surface area contributed by atoms with Crippen molar-refractivity contribution in [3.63, 3.8) is 0 Å². The lowest BCUT2D eigenvalue weighted by Gasteiger charge is -2.38. The van der Waals surface area contributed by atoms with Crippen LogP contribution >= 0.6 is 15.9 Å². The van der Waals surface area contributed by atoms with Gasteiger partial charge in [-0.3, -0.25) is 4.79 Å². The minimum atomic E-state index is -2.07. The van der Waals surface area contributed by atoms with Gasteiger partial charge < -0.3 is 8.85 Å². The second kappa shape index (κ2) is 7.80. The Morgan fingerprint density at radius 1 is 0.923 bits per heavy atom. The van der Waals surface area contributed by atoms with Crippen LogP contribution in [0, 0.1) is 0 Å². The molecule has 0 N–H and O–H groups in total. The van der Waals surface area contributed by atoms with Crippen molar-refractivity contribution in [2.24, 2.45) is 0 Å². The van der Waals surface area contributed by atoms with Crippen LogP contribution in [0.1, 0.15) is 51.9 Å². The van der Waals surface area contributed by atoms with E-state index in [1.165, 1.54) is 0 Å². The van der Waals surface area contributed by atoms with Gasteiger partial charge in [0.2, 0.25) is 8.32 Å². The zero-order valence-electron chi connectivity index (χ0n) is 18.0. The Hall–Kier alpha value is -0.596. The molecule has 6 heteroatoms. The number of carbonyl (C=O) groups excluding carboxylic acids is 1. The molecular weight excluding hydrogens is 424 g/mol. The van der Waals surface area contributed by atoms with E-state index in [-0.39, 0.29) is 21.2 Å². The highest BCUT2D eigenvalue weighted by molar-refractivity contribution is 9.09. The van der Waals surface area contributed by atoms with Crippen LogP contribution in [0.4, 0.5) is 0 Å². The van der Waals surface area contributed by atoms with Crippen molar-refractivity contribution in [3.05, 3.63) is 23.8 Å². The van der Waals surface area contributed by atoms with Gasteiger partial charge in [-0.05, 0) is 48.4 Å². The van der Waals surface area contributed by atoms with Crippen molar-refractivity contribution in [1.29, 1.82) is 0 Å². The molecule has 0 aromatic heterocycles. The monoisotopic (exact) mass is 458 g/mol. The SMILES string of the molecule is CC(C)(C)[Si](C)(C)Oc1ccc(C(=O)CBr)c(O[Si](C)(C)C(C)(C)C)c1. The smallest absolute Gasteiger partial charge is 0.250 e. The maximum absolute atomic E-state index is 12.4. The number of carbonyl (C=O) groups is 1. The first-order valence-corrected chi connectivity index (χ1v) is 16.1. The fraction of sp³-hybridized carbons (Fsp3) is 0.650. The molecule has 0 radical (unpaired) electrons. The molecule has 0 spiro atoms. The van der Waals surface area contributed by atoms with Crippen LogP contribution < -0.4 is 8.85 Å². The molecule has 148 valence electrons. The van der Waals surface area contributed by atoms with Crippen LogP contribution in [0.15, 0.2) is 18.2 Å². The van der Waals surface area contributed by atoms with Crippen LogP contribution in [0.5, 0.6) is 11.5 Å². The topological polar surface area (TPSA) is 35.5 Å². The number of rotatable bonds is 6.